The smallest absolute Gasteiger partial charge is 0.162 e. The van der Waals surface area contributed by atoms with Crippen LogP contribution in [0.3, 0.4) is 0 Å². The number of nitriles is 1. The van der Waals surface area contributed by atoms with Crippen LogP contribution in [0, 0.1) is 16.7 Å². The number of thiophene rings is 1. The minimum Gasteiger partial charge on any atom is -0.384 e. The fourth-order valence-electron chi connectivity index (χ4n) is 4.16. The second kappa shape index (κ2) is 6.80. The minimum absolute atomic E-state index is 0.0805. The molecule has 0 saturated carbocycles. The van der Waals surface area contributed by atoms with Crippen LogP contribution in [0.4, 0.5) is 5.69 Å². The summed E-state index contributed by atoms with van der Waals surface area (Å²) in [5, 5.41) is 12.5. The van der Waals surface area contributed by atoms with Crippen molar-refractivity contribution >= 4 is 34.4 Å². The van der Waals surface area contributed by atoms with Gasteiger partial charge in [0.2, 0.25) is 0 Å². The third-order valence-corrected chi connectivity index (χ3v) is 6.45. The van der Waals surface area contributed by atoms with E-state index < -0.39 is 5.92 Å². The molecule has 4 nitrogen and oxygen atoms in total. The maximum Gasteiger partial charge on any atom is 0.162 e. The molecule has 2 aromatic rings. The van der Waals surface area contributed by atoms with Gasteiger partial charge in [0.05, 0.1) is 17.6 Å². The molecule has 4 rings (SSSR count). The molecule has 0 saturated heterocycles. The SMILES string of the molecule is CC1(C)CC(=O)C2=C(C1)N(c1cccc(Cl)c1)C(N)=C(C#N)[C@H]2c1cccs1. The summed E-state index contributed by atoms with van der Waals surface area (Å²) < 4.78 is 0. The second-order valence-corrected chi connectivity index (χ2v) is 9.39. The van der Waals surface area contributed by atoms with Gasteiger partial charge in [-0.3, -0.25) is 9.69 Å². The fourth-order valence-corrected chi connectivity index (χ4v) is 5.19. The van der Waals surface area contributed by atoms with Gasteiger partial charge in [0, 0.05) is 33.3 Å². The molecule has 1 aromatic carbocycles. The van der Waals surface area contributed by atoms with Crippen LogP contribution in [-0.4, -0.2) is 5.78 Å². The molecule has 1 aromatic heterocycles. The monoisotopic (exact) mass is 409 g/mol. The molecule has 142 valence electrons. The molecule has 0 amide bonds. The van der Waals surface area contributed by atoms with Gasteiger partial charge in [-0.2, -0.15) is 5.26 Å². The third-order valence-electron chi connectivity index (χ3n) is 5.28. The number of ketones is 1. The maximum absolute atomic E-state index is 13.3. The van der Waals surface area contributed by atoms with E-state index in [-0.39, 0.29) is 11.2 Å². The molecule has 2 N–H and O–H groups in total. The number of halogens is 1. The highest BCUT2D eigenvalue weighted by Crippen LogP contribution is 2.50. The Balaban J connectivity index is 2.00. The van der Waals surface area contributed by atoms with Gasteiger partial charge >= 0.3 is 0 Å². The van der Waals surface area contributed by atoms with Gasteiger partial charge in [-0.25, -0.2) is 0 Å². The maximum atomic E-state index is 13.3. The molecule has 0 spiro atoms. The lowest BCUT2D eigenvalue weighted by Crippen LogP contribution is -2.42. The fraction of sp³-hybridized carbons (Fsp3) is 0.273. The first-order valence-electron chi connectivity index (χ1n) is 9.07. The van der Waals surface area contributed by atoms with Gasteiger partial charge in [-0.15, -0.1) is 11.3 Å². The first-order chi connectivity index (χ1) is 13.3. The van der Waals surface area contributed by atoms with Crippen molar-refractivity contribution < 1.29 is 4.79 Å². The second-order valence-electron chi connectivity index (χ2n) is 7.98. The van der Waals surface area contributed by atoms with Crippen molar-refractivity contribution in [3.63, 3.8) is 0 Å². The Kier molecular flexibility index (Phi) is 4.57. The van der Waals surface area contributed by atoms with Crippen molar-refractivity contribution in [3.8, 4) is 6.07 Å². The Hall–Kier alpha value is -2.55. The predicted octanol–water partition coefficient (Wildman–Crippen LogP) is 5.34. The van der Waals surface area contributed by atoms with E-state index in [1.807, 2.05) is 40.6 Å². The summed E-state index contributed by atoms with van der Waals surface area (Å²) in [4.78, 5) is 16.1. The van der Waals surface area contributed by atoms with E-state index in [2.05, 4.69) is 19.9 Å². The number of nitrogens with zero attached hydrogens (tertiary/aromatic N) is 2. The molecule has 1 aliphatic heterocycles. The summed E-state index contributed by atoms with van der Waals surface area (Å²) >= 11 is 7.76. The zero-order valence-electron chi connectivity index (χ0n) is 15.7. The van der Waals surface area contributed by atoms with E-state index in [1.165, 1.54) is 0 Å². The number of rotatable bonds is 2. The number of carbonyl (C=O) groups is 1. The van der Waals surface area contributed by atoms with Crippen LogP contribution in [0.5, 0.6) is 0 Å². The lowest BCUT2D eigenvalue weighted by molar-refractivity contribution is -0.118. The van der Waals surface area contributed by atoms with Crippen molar-refractivity contribution in [2.45, 2.75) is 32.6 Å². The number of benzene rings is 1. The van der Waals surface area contributed by atoms with Crippen LogP contribution in [0.1, 0.15) is 37.5 Å². The van der Waals surface area contributed by atoms with Crippen LogP contribution >= 0.6 is 22.9 Å². The van der Waals surface area contributed by atoms with Gasteiger partial charge < -0.3 is 5.73 Å². The van der Waals surface area contributed by atoms with Gasteiger partial charge in [-0.1, -0.05) is 37.6 Å². The zero-order valence-corrected chi connectivity index (χ0v) is 17.3. The molecule has 2 aliphatic rings. The summed E-state index contributed by atoms with van der Waals surface area (Å²) in [6.45, 7) is 4.18. The van der Waals surface area contributed by atoms with E-state index in [0.717, 1.165) is 16.3 Å². The lowest BCUT2D eigenvalue weighted by atomic mass is 9.69. The van der Waals surface area contributed by atoms with Gasteiger partial charge in [0.15, 0.2) is 5.78 Å². The summed E-state index contributed by atoms with van der Waals surface area (Å²) in [5.41, 5.74) is 9.11. The Morgan fingerprint density at radius 1 is 1.29 bits per heavy atom. The van der Waals surface area contributed by atoms with Crippen molar-refractivity contribution in [1.29, 1.82) is 5.26 Å². The number of hydrogen-bond acceptors (Lipinski definition) is 5. The van der Waals surface area contributed by atoms with Crippen LogP contribution in [0.15, 0.2) is 64.4 Å². The quantitative estimate of drug-likeness (QED) is 0.726. The average Bonchev–Trinajstić information content (AvgIpc) is 3.14. The molecule has 2 heterocycles. The van der Waals surface area contributed by atoms with Crippen molar-refractivity contribution in [3.05, 3.63) is 74.3 Å². The number of Topliss-reactive ketones (excluding diaryl/α,β-unsaturated/α-hetero) is 1. The minimum atomic E-state index is -0.404. The average molecular weight is 410 g/mol. The van der Waals surface area contributed by atoms with Crippen molar-refractivity contribution in [1.82, 2.24) is 0 Å². The number of carbonyl (C=O) groups excluding carboxylic acids is 1. The molecule has 0 unspecified atom stereocenters. The van der Waals surface area contributed by atoms with Crippen molar-refractivity contribution in [2.24, 2.45) is 11.1 Å². The third kappa shape index (κ3) is 3.03. The Morgan fingerprint density at radius 2 is 2.07 bits per heavy atom. The number of nitrogens with two attached hydrogens (primary N) is 1. The topological polar surface area (TPSA) is 70.1 Å². The highest BCUT2D eigenvalue weighted by atomic mass is 35.5. The Bertz CT molecular complexity index is 1060. The van der Waals surface area contributed by atoms with E-state index in [9.17, 15) is 10.1 Å². The Labute approximate surface area is 173 Å². The largest absolute Gasteiger partial charge is 0.384 e. The van der Waals surface area contributed by atoms with E-state index >= 15 is 0 Å². The van der Waals surface area contributed by atoms with Crippen LogP contribution in [0.25, 0.3) is 0 Å². The molecule has 1 aliphatic carbocycles. The first-order valence-corrected chi connectivity index (χ1v) is 10.3. The molecule has 1 atom stereocenters. The summed E-state index contributed by atoms with van der Waals surface area (Å²) in [5.74, 6) is 0.0448. The molecule has 0 fully saturated rings. The highest BCUT2D eigenvalue weighted by Gasteiger charge is 2.44. The van der Waals surface area contributed by atoms with E-state index in [4.69, 9.17) is 17.3 Å². The number of hydrogen-bond donors (Lipinski definition) is 1. The molecule has 0 radical (unpaired) electrons. The standard InChI is InChI=1S/C22H20ClN3OS/c1-22(2)10-16-20(17(27)11-22)19(18-7-4-8-28-18)15(12-24)21(25)26(16)14-6-3-5-13(23)9-14/h3-9,19H,10-11,25H2,1-2H3/t19-/m0/s1. The summed E-state index contributed by atoms with van der Waals surface area (Å²) in [7, 11) is 0. The number of anilines is 1. The molecular formula is C22H20ClN3OS. The van der Waals surface area contributed by atoms with Crippen LogP contribution in [0.2, 0.25) is 5.02 Å². The Morgan fingerprint density at radius 3 is 2.71 bits per heavy atom. The van der Waals surface area contributed by atoms with E-state index in [1.54, 1.807) is 17.4 Å². The highest BCUT2D eigenvalue weighted by molar-refractivity contribution is 7.10. The normalized spacial score (nSPS) is 21.6. The lowest BCUT2D eigenvalue weighted by Gasteiger charge is -2.43. The van der Waals surface area contributed by atoms with Gasteiger partial charge in [0.1, 0.15) is 5.82 Å². The zero-order chi connectivity index (χ0) is 20.1. The van der Waals surface area contributed by atoms with Gasteiger partial charge in [0.25, 0.3) is 0 Å². The summed E-state index contributed by atoms with van der Waals surface area (Å²) in [6, 6.07) is 13.5. The first kappa shape index (κ1) is 18.8. The predicted molar refractivity (Wildman–Crippen MR) is 113 cm³/mol. The van der Waals surface area contributed by atoms with Crippen LogP contribution < -0.4 is 10.6 Å². The number of allylic oxidation sites excluding steroid dienone is 3. The van der Waals surface area contributed by atoms with E-state index in [0.29, 0.717) is 34.8 Å². The van der Waals surface area contributed by atoms with Crippen LogP contribution in [-0.2, 0) is 4.79 Å². The van der Waals surface area contributed by atoms with Gasteiger partial charge in [-0.05, 0) is 41.5 Å². The summed E-state index contributed by atoms with van der Waals surface area (Å²) in [6.07, 6.45) is 1.15. The molecule has 6 heteroatoms. The molecule has 0 bridgehead atoms. The molecular weight excluding hydrogens is 390 g/mol. The van der Waals surface area contributed by atoms with Crippen molar-refractivity contribution in [2.75, 3.05) is 4.90 Å². The molecule has 28 heavy (non-hydrogen) atoms.